The fourth-order valence-electron chi connectivity index (χ4n) is 3.42. The summed E-state index contributed by atoms with van der Waals surface area (Å²) in [5, 5.41) is 6.54. The van der Waals surface area contributed by atoms with Crippen LogP contribution in [0.15, 0.2) is 4.52 Å². The zero-order valence-electron chi connectivity index (χ0n) is 10.8. The van der Waals surface area contributed by atoms with Crippen LogP contribution in [0.3, 0.4) is 0 Å². The van der Waals surface area contributed by atoms with E-state index < -0.39 is 0 Å². The molecule has 19 heavy (non-hydrogen) atoms. The molecule has 2 bridgehead atoms. The van der Waals surface area contributed by atoms with E-state index >= 15 is 0 Å². The van der Waals surface area contributed by atoms with Gasteiger partial charge in [-0.15, -0.1) is 12.4 Å². The summed E-state index contributed by atoms with van der Waals surface area (Å²) in [6, 6.07) is 0.0215. The van der Waals surface area contributed by atoms with Gasteiger partial charge in [0.15, 0.2) is 5.82 Å². The van der Waals surface area contributed by atoms with Crippen LogP contribution in [0.25, 0.3) is 0 Å². The van der Waals surface area contributed by atoms with Gasteiger partial charge in [-0.25, -0.2) is 0 Å². The molecule has 2 aliphatic rings. The highest BCUT2D eigenvalue weighted by Gasteiger charge is 2.48. The van der Waals surface area contributed by atoms with Crippen molar-refractivity contribution in [3.8, 4) is 0 Å². The first-order valence-corrected chi connectivity index (χ1v) is 6.47. The monoisotopic (exact) mass is 286 g/mol. The number of aryl methyl sites for hydroxylation is 1. The molecule has 106 valence electrons. The largest absolute Gasteiger partial charge is 0.347 e. The first-order valence-electron chi connectivity index (χ1n) is 6.47. The van der Waals surface area contributed by atoms with Gasteiger partial charge in [0.25, 0.3) is 0 Å². The molecule has 1 aromatic rings. The standard InChI is InChI=1S/C12H18N4O2.ClH/c1-6-15-9(18-16-6)5-14-12(17)10-7-2-3-8(4-7)11(10)13;/h7-8,10-11H,2-5,13H2,1H3,(H,14,17);1H. The number of amides is 1. The molecule has 1 heterocycles. The maximum Gasteiger partial charge on any atom is 0.246 e. The van der Waals surface area contributed by atoms with Gasteiger partial charge in [0.1, 0.15) is 0 Å². The SMILES string of the molecule is Cc1noc(CNC(=O)C2C3CCC(C3)C2N)n1.Cl. The fraction of sp³-hybridized carbons (Fsp3) is 0.750. The average molecular weight is 287 g/mol. The first-order chi connectivity index (χ1) is 8.65. The minimum atomic E-state index is -0.0345. The third kappa shape index (κ3) is 2.60. The second-order valence-corrected chi connectivity index (χ2v) is 5.39. The number of carbonyl (C=O) groups excluding carboxylic acids is 1. The van der Waals surface area contributed by atoms with Gasteiger partial charge < -0.3 is 15.6 Å². The number of carbonyl (C=O) groups is 1. The number of hydrogen-bond acceptors (Lipinski definition) is 5. The van der Waals surface area contributed by atoms with Crippen molar-refractivity contribution in [3.63, 3.8) is 0 Å². The number of nitrogens with zero attached hydrogens (tertiary/aromatic N) is 2. The molecule has 0 radical (unpaired) electrons. The number of halogens is 1. The van der Waals surface area contributed by atoms with Crippen LogP contribution < -0.4 is 11.1 Å². The van der Waals surface area contributed by atoms with Crippen LogP contribution >= 0.6 is 12.4 Å². The average Bonchev–Trinajstić information content (AvgIpc) is 3.02. The topological polar surface area (TPSA) is 94.0 Å². The highest BCUT2D eigenvalue weighted by molar-refractivity contribution is 5.85. The Morgan fingerprint density at radius 2 is 2.21 bits per heavy atom. The number of rotatable bonds is 3. The molecule has 3 N–H and O–H groups in total. The van der Waals surface area contributed by atoms with Crippen molar-refractivity contribution in [2.45, 2.75) is 38.8 Å². The molecule has 7 heteroatoms. The molecule has 3 rings (SSSR count). The predicted octanol–water partition coefficient (Wildman–Crippen LogP) is 0.789. The van der Waals surface area contributed by atoms with E-state index in [0.29, 0.717) is 30.1 Å². The van der Waals surface area contributed by atoms with Crippen molar-refractivity contribution in [2.24, 2.45) is 23.5 Å². The van der Waals surface area contributed by atoms with E-state index in [2.05, 4.69) is 15.5 Å². The van der Waals surface area contributed by atoms with Crippen LogP contribution in [0.2, 0.25) is 0 Å². The van der Waals surface area contributed by atoms with E-state index in [-0.39, 0.29) is 30.3 Å². The molecule has 1 aromatic heterocycles. The maximum atomic E-state index is 12.1. The smallest absolute Gasteiger partial charge is 0.246 e. The summed E-state index contributed by atoms with van der Waals surface area (Å²) in [4.78, 5) is 16.2. The molecule has 0 aromatic carbocycles. The lowest BCUT2D eigenvalue weighted by Gasteiger charge is -2.26. The minimum absolute atomic E-state index is 0. The summed E-state index contributed by atoms with van der Waals surface area (Å²) >= 11 is 0. The number of fused-ring (bicyclic) bond motifs is 2. The van der Waals surface area contributed by atoms with Gasteiger partial charge in [-0.1, -0.05) is 5.16 Å². The third-order valence-corrected chi connectivity index (χ3v) is 4.27. The summed E-state index contributed by atoms with van der Waals surface area (Å²) in [5.41, 5.74) is 6.13. The van der Waals surface area contributed by atoms with Crippen molar-refractivity contribution >= 4 is 18.3 Å². The molecule has 6 nitrogen and oxygen atoms in total. The van der Waals surface area contributed by atoms with Gasteiger partial charge in [-0.05, 0) is 38.0 Å². The highest BCUT2D eigenvalue weighted by Crippen LogP contribution is 2.47. The van der Waals surface area contributed by atoms with E-state index in [4.69, 9.17) is 10.3 Å². The molecular formula is C12H19ClN4O2. The quantitative estimate of drug-likeness (QED) is 0.857. The maximum absolute atomic E-state index is 12.1. The van der Waals surface area contributed by atoms with Crippen LogP contribution in [0, 0.1) is 24.7 Å². The Labute approximate surface area is 117 Å². The molecule has 4 atom stereocenters. The molecular weight excluding hydrogens is 268 g/mol. The molecule has 2 aliphatic carbocycles. The normalized spacial score (nSPS) is 32.1. The van der Waals surface area contributed by atoms with E-state index in [1.165, 1.54) is 6.42 Å². The van der Waals surface area contributed by atoms with Gasteiger partial charge in [0, 0.05) is 6.04 Å². The molecule has 2 saturated carbocycles. The minimum Gasteiger partial charge on any atom is -0.347 e. The van der Waals surface area contributed by atoms with Gasteiger partial charge in [-0.3, -0.25) is 4.79 Å². The van der Waals surface area contributed by atoms with Crippen LogP contribution in [-0.4, -0.2) is 22.1 Å². The zero-order chi connectivity index (χ0) is 12.7. The second kappa shape index (κ2) is 5.46. The second-order valence-electron chi connectivity index (χ2n) is 5.39. The van der Waals surface area contributed by atoms with Crippen molar-refractivity contribution < 1.29 is 9.32 Å². The number of nitrogens with two attached hydrogens (primary N) is 1. The van der Waals surface area contributed by atoms with E-state index in [9.17, 15) is 4.79 Å². The van der Waals surface area contributed by atoms with Crippen molar-refractivity contribution in [1.29, 1.82) is 0 Å². The molecule has 1 amide bonds. The van der Waals surface area contributed by atoms with Crippen molar-refractivity contribution in [2.75, 3.05) is 0 Å². The van der Waals surface area contributed by atoms with Crippen LogP contribution in [0.1, 0.15) is 31.0 Å². The lowest BCUT2D eigenvalue weighted by atomic mass is 9.84. The fourth-order valence-corrected chi connectivity index (χ4v) is 3.42. The lowest BCUT2D eigenvalue weighted by Crippen LogP contribution is -2.45. The Hall–Kier alpha value is -1.14. The predicted molar refractivity (Wildman–Crippen MR) is 70.4 cm³/mol. The zero-order valence-corrected chi connectivity index (χ0v) is 11.7. The van der Waals surface area contributed by atoms with Gasteiger partial charge in [-0.2, -0.15) is 4.98 Å². The summed E-state index contributed by atoms with van der Waals surface area (Å²) in [7, 11) is 0. The molecule has 4 unspecified atom stereocenters. The number of aromatic nitrogens is 2. The van der Waals surface area contributed by atoms with E-state index in [0.717, 1.165) is 12.8 Å². The molecule has 2 fully saturated rings. The number of hydrogen-bond donors (Lipinski definition) is 2. The van der Waals surface area contributed by atoms with Crippen LogP contribution in [-0.2, 0) is 11.3 Å². The lowest BCUT2D eigenvalue weighted by molar-refractivity contribution is -0.127. The Kier molecular flexibility index (Phi) is 4.10. The molecule has 0 spiro atoms. The van der Waals surface area contributed by atoms with Gasteiger partial charge >= 0.3 is 0 Å². The third-order valence-electron chi connectivity index (χ3n) is 4.27. The van der Waals surface area contributed by atoms with Crippen LogP contribution in [0.4, 0.5) is 0 Å². The van der Waals surface area contributed by atoms with Gasteiger partial charge in [0.05, 0.1) is 12.5 Å². The Balaban J connectivity index is 0.00000133. The Morgan fingerprint density at radius 1 is 1.47 bits per heavy atom. The van der Waals surface area contributed by atoms with Gasteiger partial charge in [0.2, 0.25) is 11.8 Å². The molecule has 0 aliphatic heterocycles. The van der Waals surface area contributed by atoms with E-state index in [1.54, 1.807) is 6.92 Å². The van der Waals surface area contributed by atoms with Crippen molar-refractivity contribution in [3.05, 3.63) is 11.7 Å². The first kappa shape index (κ1) is 14.3. The summed E-state index contributed by atoms with van der Waals surface area (Å²) in [5.74, 6) is 2.03. The van der Waals surface area contributed by atoms with E-state index in [1.807, 2.05) is 0 Å². The summed E-state index contributed by atoms with van der Waals surface area (Å²) in [6.45, 7) is 2.04. The summed E-state index contributed by atoms with van der Waals surface area (Å²) < 4.78 is 4.96. The number of nitrogens with one attached hydrogen (secondary N) is 1. The summed E-state index contributed by atoms with van der Waals surface area (Å²) in [6.07, 6.45) is 3.42. The van der Waals surface area contributed by atoms with Crippen molar-refractivity contribution in [1.82, 2.24) is 15.5 Å². The Bertz CT molecular complexity index is 462. The molecule has 0 saturated heterocycles. The van der Waals surface area contributed by atoms with Crippen LogP contribution in [0.5, 0.6) is 0 Å². The highest BCUT2D eigenvalue weighted by atomic mass is 35.5. The Morgan fingerprint density at radius 3 is 2.79 bits per heavy atom.